The van der Waals surface area contributed by atoms with Crippen molar-refractivity contribution in [3.8, 4) is 0 Å². The minimum absolute atomic E-state index is 0. The average Bonchev–Trinajstić information content (AvgIpc) is 0.918. The van der Waals surface area contributed by atoms with Gasteiger partial charge in [0.25, 0.3) is 0 Å². The van der Waals surface area contributed by atoms with Gasteiger partial charge >= 0.3 is 23.9 Å². The standard InChI is InChI=1S/C2H6O.Sn.4H/c1-3-2;;;;;/h1-2H3;;;;;. The molecule has 0 aromatic carbocycles. The van der Waals surface area contributed by atoms with Crippen molar-refractivity contribution in [1.29, 1.82) is 0 Å². The molecule has 0 aromatic rings. The zero-order chi connectivity index (χ0) is 2.71. The molecule has 0 heterocycles. The van der Waals surface area contributed by atoms with Gasteiger partial charge < -0.3 is 4.74 Å². The quantitative estimate of drug-likeness (QED) is 0.414. The number of hydrogen-bond acceptors (Lipinski definition) is 1. The van der Waals surface area contributed by atoms with Crippen LogP contribution < -0.4 is 0 Å². The third-order valence-corrected chi connectivity index (χ3v) is 0. The van der Waals surface area contributed by atoms with Crippen LogP contribution in [0.3, 0.4) is 0 Å². The topological polar surface area (TPSA) is 9.23 Å². The van der Waals surface area contributed by atoms with Crippen molar-refractivity contribution in [1.82, 2.24) is 0 Å². The Balaban J connectivity index is 0. The summed E-state index contributed by atoms with van der Waals surface area (Å²) in [7, 11) is 3.25. The molecule has 0 saturated heterocycles. The van der Waals surface area contributed by atoms with Crippen molar-refractivity contribution >= 4 is 23.9 Å². The molecule has 0 aromatic heterocycles. The first-order valence-electron chi connectivity index (χ1n) is 0.816. The van der Waals surface area contributed by atoms with Crippen LogP contribution in [0.5, 0.6) is 0 Å². The molecule has 0 unspecified atom stereocenters. The molecule has 4 heavy (non-hydrogen) atoms. The molecule has 0 radical (unpaired) electrons. The second-order valence-corrected chi connectivity index (χ2v) is 0.408. The average molecular weight is 169 g/mol. The Labute approximate surface area is 43.3 Å². The van der Waals surface area contributed by atoms with Crippen LogP contribution in [0, 0.1) is 0 Å². The maximum atomic E-state index is 4.25. The van der Waals surface area contributed by atoms with E-state index in [4.69, 9.17) is 0 Å². The molecule has 0 aliphatic carbocycles. The fourth-order valence-corrected chi connectivity index (χ4v) is 0. The number of hydrogen-bond donors (Lipinski definition) is 0. The van der Waals surface area contributed by atoms with Crippen LogP contribution >= 0.6 is 0 Å². The van der Waals surface area contributed by atoms with Crippen LogP contribution in [0.25, 0.3) is 0 Å². The van der Waals surface area contributed by atoms with Crippen LogP contribution in [0.1, 0.15) is 0 Å². The number of rotatable bonds is 0. The molecule has 0 spiro atoms. The summed E-state index contributed by atoms with van der Waals surface area (Å²) in [6, 6.07) is 0. The summed E-state index contributed by atoms with van der Waals surface area (Å²) >= 11 is 0. The summed E-state index contributed by atoms with van der Waals surface area (Å²) in [5.41, 5.74) is 0. The Kier molecular flexibility index (Phi) is 20.4. The summed E-state index contributed by atoms with van der Waals surface area (Å²) in [4.78, 5) is 0. The minimum atomic E-state index is 0. The maximum absolute atomic E-state index is 4.25. The Morgan fingerprint density at radius 1 is 1.25 bits per heavy atom. The van der Waals surface area contributed by atoms with Crippen LogP contribution in [0.15, 0.2) is 0 Å². The van der Waals surface area contributed by atoms with E-state index in [2.05, 4.69) is 4.74 Å². The Bertz CT molecular complexity index is 6.00. The van der Waals surface area contributed by atoms with E-state index in [9.17, 15) is 0 Å². The molecule has 0 bridgehead atoms. The zero-order valence-electron chi connectivity index (χ0n) is 2.41. The van der Waals surface area contributed by atoms with Gasteiger partial charge in [-0.2, -0.15) is 0 Å². The van der Waals surface area contributed by atoms with Gasteiger partial charge in [0.15, 0.2) is 0 Å². The molecule has 0 rings (SSSR count). The second kappa shape index (κ2) is 9.25. The predicted octanol–water partition coefficient (Wildman–Crippen LogP) is -1.19. The Morgan fingerprint density at radius 2 is 1.25 bits per heavy atom. The van der Waals surface area contributed by atoms with Gasteiger partial charge in [-0.3, -0.25) is 0 Å². The van der Waals surface area contributed by atoms with Crippen LogP contribution in [-0.4, -0.2) is 38.1 Å². The number of ether oxygens (including phenoxy) is 1. The summed E-state index contributed by atoms with van der Waals surface area (Å²) in [6.45, 7) is 0. The van der Waals surface area contributed by atoms with Gasteiger partial charge in [0.05, 0.1) is 0 Å². The van der Waals surface area contributed by atoms with E-state index in [1.54, 1.807) is 14.2 Å². The van der Waals surface area contributed by atoms with E-state index in [-0.39, 0.29) is 23.9 Å². The second-order valence-electron chi connectivity index (χ2n) is 0.408. The van der Waals surface area contributed by atoms with Gasteiger partial charge in [0.2, 0.25) is 0 Å². The van der Waals surface area contributed by atoms with Gasteiger partial charge in [-0.15, -0.1) is 0 Å². The molecule has 0 aliphatic rings. The SMILES string of the molecule is COC.[SnH4]. The normalized spacial score (nSPS) is 4.50. The molecule has 0 atom stereocenters. The van der Waals surface area contributed by atoms with E-state index >= 15 is 0 Å². The van der Waals surface area contributed by atoms with E-state index < -0.39 is 0 Å². The molecule has 1 nitrogen and oxygen atoms in total. The van der Waals surface area contributed by atoms with Crippen LogP contribution in [0.4, 0.5) is 0 Å². The van der Waals surface area contributed by atoms with Gasteiger partial charge in [-0.05, 0) is 0 Å². The van der Waals surface area contributed by atoms with Crippen molar-refractivity contribution in [3.63, 3.8) is 0 Å². The Morgan fingerprint density at radius 3 is 1.25 bits per heavy atom. The third kappa shape index (κ3) is 14.8. The van der Waals surface area contributed by atoms with Crippen LogP contribution in [0.2, 0.25) is 0 Å². The molecule has 0 N–H and O–H groups in total. The first-order valence-corrected chi connectivity index (χ1v) is 0.816. The monoisotopic (exact) mass is 170 g/mol. The van der Waals surface area contributed by atoms with Gasteiger partial charge in [0.1, 0.15) is 0 Å². The zero-order valence-corrected chi connectivity index (χ0v) is 2.41. The summed E-state index contributed by atoms with van der Waals surface area (Å²) in [5, 5.41) is 0. The van der Waals surface area contributed by atoms with E-state index in [0.717, 1.165) is 0 Å². The summed E-state index contributed by atoms with van der Waals surface area (Å²) in [5.74, 6) is 0. The van der Waals surface area contributed by atoms with E-state index in [0.29, 0.717) is 0 Å². The molecule has 0 amide bonds. The fourth-order valence-electron chi connectivity index (χ4n) is 0. The van der Waals surface area contributed by atoms with Gasteiger partial charge in [-0.25, -0.2) is 0 Å². The van der Waals surface area contributed by atoms with Crippen molar-refractivity contribution < 1.29 is 4.74 Å². The molecule has 0 aliphatic heterocycles. The summed E-state index contributed by atoms with van der Waals surface area (Å²) in [6.07, 6.45) is 0. The van der Waals surface area contributed by atoms with E-state index in [1.165, 1.54) is 0 Å². The van der Waals surface area contributed by atoms with Gasteiger partial charge in [-0.1, -0.05) is 0 Å². The molecular formula is C2H10OSn. The van der Waals surface area contributed by atoms with Crippen molar-refractivity contribution in [3.05, 3.63) is 0 Å². The first-order chi connectivity index (χ1) is 1.41. The first kappa shape index (κ1) is 8.83. The van der Waals surface area contributed by atoms with Crippen LogP contribution in [-0.2, 0) is 4.74 Å². The predicted molar refractivity (Wildman–Crippen MR) is 24.3 cm³/mol. The molecule has 0 saturated carbocycles. The van der Waals surface area contributed by atoms with E-state index in [1.807, 2.05) is 0 Å². The molecule has 28 valence electrons. The fraction of sp³-hybridized carbons (Fsp3) is 1.00. The molecular weight excluding hydrogens is 159 g/mol. The van der Waals surface area contributed by atoms with Crippen molar-refractivity contribution in [2.75, 3.05) is 14.2 Å². The molecule has 0 fully saturated rings. The third-order valence-electron chi connectivity index (χ3n) is 0. The van der Waals surface area contributed by atoms with Crippen molar-refractivity contribution in [2.45, 2.75) is 0 Å². The number of methoxy groups -OCH3 is 1. The Hall–Kier alpha value is 0.759. The summed E-state index contributed by atoms with van der Waals surface area (Å²) < 4.78 is 4.25. The van der Waals surface area contributed by atoms with Gasteiger partial charge in [0, 0.05) is 14.2 Å². The van der Waals surface area contributed by atoms with Crippen molar-refractivity contribution in [2.24, 2.45) is 0 Å². The molecule has 2 heteroatoms.